The van der Waals surface area contributed by atoms with Crippen molar-refractivity contribution in [3.05, 3.63) is 53.9 Å². The molecule has 180 valence electrons. The summed E-state index contributed by atoms with van der Waals surface area (Å²) in [5.74, 6) is 2.89. The summed E-state index contributed by atoms with van der Waals surface area (Å²) in [6.07, 6.45) is 13.3. The average Bonchev–Trinajstić information content (AvgIpc) is 2.87. The SMILES string of the molecule is CCc1cnc(N2CCC(COc3ccc(C4=CCC(C(=O)N5CCC5)CC4)cc3)CC2)nc1. The maximum atomic E-state index is 12.5. The summed E-state index contributed by atoms with van der Waals surface area (Å²) in [5, 5.41) is 0. The Balaban J connectivity index is 1.07. The van der Waals surface area contributed by atoms with Crippen LogP contribution in [0.2, 0.25) is 0 Å². The van der Waals surface area contributed by atoms with Crippen molar-refractivity contribution in [3.63, 3.8) is 0 Å². The number of anilines is 1. The number of amides is 1. The van der Waals surface area contributed by atoms with Gasteiger partial charge in [0.25, 0.3) is 0 Å². The van der Waals surface area contributed by atoms with Gasteiger partial charge in [0.05, 0.1) is 6.61 Å². The lowest BCUT2D eigenvalue weighted by atomic mass is 9.85. The second-order valence-electron chi connectivity index (χ2n) is 9.89. The standard InChI is InChI=1S/C28H36N4O2/c1-2-21-18-29-28(30-19-21)32-16-12-22(13-17-32)20-34-26-10-8-24(9-11-26)23-4-6-25(7-5-23)27(33)31-14-3-15-31/h4,8-11,18-19,22,25H,2-3,5-7,12-17,20H2,1H3. The number of rotatable bonds is 7. The van der Waals surface area contributed by atoms with Gasteiger partial charge < -0.3 is 14.5 Å². The van der Waals surface area contributed by atoms with Gasteiger partial charge in [0, 0.05) is 44.5 Å². The molecule has 3 aliphatic rings. The maximum Gasteiger partial charge on any atom is 0.226 e. The van der Waals surface area contributed by atoms with E-state index in [1.54, 1.807) is 0 Å². The van der Waals surface area contributed by atoms with Crippen LogP contribution in [-0.4, -0.2) is 53.6 Å². The Labute approximate surface area is 203 Å². The van der Waals surface area contributed by atoms with Gasteiger partial charge in [-0.3, -0.25) is 4.79 Å². The number of carbonyl (C=O) groups excluding carboxylic acids is 1. The highest BCUT2D eigenvalue weighted by Crippen LogP contribution is 2.33. The zero-order chi connectivity index (χ0) is 23.3. The summed E-state index contributed by atoms with van der Waals surface area (Å²) in [6, 6.07) is 8.51. The molecule has 2 aromatic rings. The minimum atomic E-state index is 0.181. The summed E-state index contributed by atoms with van der Waals surface area (Å²) >= 11 is 0. The Hall–Kier alpha value is -2.89. The van der Waals surface area contributed by atoms with E-state index in [2.05, 4.69) is 52.1 Å². The highest BCUT2D eigenvalue weighted by molar-refractivity contribution is 5.81. The summed E-state index contributed by atoms with van der Waals surface area (Å²) < 4.78 is 6.13. The number of allylic oxidation sites excluding steroid dienone is 2. The molecule has 0 radical (unpaired) electrons. The Kier molecular flexibility index (Phi) is 7.12. The average molecular weight is 461 g/mol. The summed E-state index contributed by atoms with van der Waals surface area (Å²) in [7, 11) is 0. The smallest absolute Gasteiger partial charge is 0.226 e. The minimum Gasteiger partial charge on any atom is -0.493 e. The molecule has 1 atom stereocenters. The Bertz CT molecular complexity index is 990. The molecule has 3 heterocycles. The summed E-state index contributed by atoms with van der Waals surface area (Å²) in [6.45, 7) is 6.74. The number of hydrogen-bond donors (Lipinski definition) is 0. The molecule has 2 fully saturated rings. The number of hydrogen-bond acceptors (Lipinski definition) is 5. The van der Waals surface area contributed by atoms with E-state index in [9.17, 15) is 4.79 Å². The first-order chi connectivity index (χ1) is 16.7. The van der Waals surface area contributed by atoms with Gasteiger partial charge in [0.2, 0.25) is 11.9 Å². The van der Waals surface area contributed by atoms with E-state index in [1.165, 1.54) is 16.7 Å². The zero-order valence-corrected chi connectivity index (χ0v) is 20.3. The van der Waals surface area contributed by atoms with Gasteiger partial charge in [-0.25, -0.2) is 9.97 Å². The minimum absolute atomic E-state index is 0.181. The highest BCUT2D eigenvalue weighted by Gasteiger charge is 2.29. The molecule has 34 heavy (non-hydrogen) atoms. The van der Waals surface area contributed by atoms with E-state index in [0.717, 1.165) is 89.4 Å². The number of aryl methyl sites for hydroxylation is 1. The Morgan fingerprint density at radius 3 is 2.35 bits per heavy atom. The van der Waals surface area contributed by atoms with E-state index in [-0.39, 0.29) is 5.92 Å². The van der Waals surface area contributed by atoms with Crippen molar-refractivity contribution in [2.24, 2.45) is 11.8 Å². The number of aromatic nitrogens is 2. The second-order valence-corrected chi connectivity index (χ2v) is 9.89. The third kappa shape index (κ3) is 5.26. The van der Waals surface area contributed by atoms with Crippen LogP contribution in [0, 0.1) is 11.8 Å². The predicted octanol–water partition coefficient (Wildman–Crippen LogP) is 4.75. The van der Waals surface area contributed by atoms with Crippen LogP contribution in [-0.2, 0) is 11.2 Å². The van der Waals surface area contributed by atoms with Crippen LogP contribution in [0.4, 0.5) is 5.95 Å². The molecule has 0 N–H and O–H groups in total. The normalized spacial score (nSPS) is 21.1. The van der Waals surface area contributed by atoms with Crippen LogP contribution in [0.25, 0.3) is 5.57 Å². The fourth-order valence-corrected chi connectivity index (χ4v) is 5.09. The first kappa shape index (κ1) is 22.9. The number of piperidine rings is 1. The number of benzene rings is 1. The fourth-order valence-electron chi connectivity index (χ4n) is 5.09. The van der Waals surface area contributed by atoms with Gasteiger partial charge in [0.1, 0.15) is 5.75 Å². The van der Waals surface area contributed by atoms with Crippen molar-refractivity contribution in [2.75, 3.05) is 37.7 Å². The number of carbonyl (C=O) groups is 1. The largest absolute Gasteiger partial charge is 0.493 e. The third-order valence-corrected chi connectivity index (χ3v) is 7.64. The summed E-state index contributed by atoms with van der Waals surface area (Å²) in [5.41, 5.74) is 3.80. The lowest BCUT2D eigenvalue weighted by Crippen LogP contribution is -2.45. The highest BCUT2D eigenvalue weighted by atomic mass is 16.5. The first-order valence-corrected chi connectivity index (χ1v) is 13.0. The quantitative estimate of drug-likeness (QED) is 0.597. The molecule has 2 saturated heterocycles. The number of nitrogens with zero attached hydrogens (tertiary/aromatic N) is 4. The van der Waals surface area contributed by atoms with Crippen LogP contribution in [0.1, 0.15) is 56.6 Å². The molecule has 1 aromatic heterocycles. The predicted molar refractivity (Wildman–Crippen MR) is 135 cm³/mol. The molecule has 1 aliphatic carbocycles. The fraction of sp³-hybridized carbons (Fsp3) is 0.536. The zero-order valence-electron chi connectivity index (χ0n) is 20.3. The van der Waals surface area contributed by atoms with Crippen molar-refractivity contribution in [1.29, 1.82) is 0 Å². The van der Waals surface area contributed by atoms with E-state index in [0.29, 0.717) is 11.8 Å². The molecule has 1 unspecified atom stereocenters. The Morgan fingerprint density at radius 1 is 1.03 bits per heavy atom. The molecule has 6 nitrogen and oxygen atoms in total. The molecule has 0 saturated carbocycles. The summed E-state index contributed by atoms with van der Waals surface area (Å²) in [4.78, 5) is 25.8. The molecule has 0 spiro atoms. The second kappa shape index (κ2) is 10.6. The van der Waals surface area contributed by atoms with Crippen molar-refractivity contribution in [3.8, 4) is 5.75 Å². The van der Waals surface area contributed by atoms with Crippen molar-refractivity contribution < 1.29 is 9.53 Å². The van der Waals surface area contributed by atoms with Crippen molar-refractivity contribution in [2.45, 2.75) is 51.9 Å². The molecule has 1 amide bonds. The molecule has 1 aromatic carbocycles. The van der Waals surface area contributed by atoms with Gasteiger partial charge in [-0.15, -0.1) is 0 Å². The first-order valence-electron chi connectivity index (χ1n) is 13.0. The van der Waals surface area contributed by atoms with Gasteiger partial charge in [-0.2, -0.15) is 0 Å². The van der Waals surface area contributed by atoms with Gasteiger partial charge in [-0.05, 0) is 79.7 Å². The Morgan fingerprint density at radius 2 is 1.76 bits per heavy atom. The number of likely N-dealkylation sites (tertiary alicyclic amines) is 1. The molecule has 2 aliphatic heterocycles. The van der Waals surface area contributed by atoms with Crippen LogP contribution >= 0.6 is 0 Å². The van der Waals surface area contributed by atoms with Crippen LogP contribution in [0.15, 0.2) is 42.7 Å². The lowest BCUT2D eigenvalue weighted by molar-refractivity contribution is -0.139. The van der Waals surface area contributed by atoms with Crippen molar-refractivity contribution >= 4 is 17.4 Å². The van der Waals surface area contributed by atoms with Crippen molar-refractivity contribution in [1.82, 2.24) is 14.9 Å². The lowest BCUT2D eigenvalue weighted by Gasteiger charge is -2.35. The molecular formula is C28H36N4O2. The van der Waals surface area contributed by atoms with Crippen LogP contribution in [0.5, 0.6) is 5.75 Å². The van der Waals surface area contributed by atoms with E-state index in [1.807, 2.05) is 17.3 Å². The van der Waals surface area contributed by atoms with E-state index < -0.39 is 0 Å². The van der Waals surface area contributed by atoms with Gasteiger partial charge >= 0.3 is 0 Å². The maximum absolute atomic E-state index is 12.5. The topological polar surface area (TPSA) is 58.6 Å². The molecule has 6 heteroatoms. The molecule has 5 rings (SSSR count). The van der Waals surface area contributed by atoms with Gasteiger partial charge in [0.15, 0.2) is 0 Å². The van der Waals surface area contributed by atoms with Crippen LogP contribution < -0.4 is 9.64 Å². The van der Waals surface area contributed by atoms with Gasteiger partial charge in [-0.1, -0.05) is 25.1 Å². The van der Waals surface area contributed by atoms with E-state index >= 15 is 0 Å². The molecule has 0 bridgehead atoms. The third-order valence-electron chi connectivity index (χ3n) is 7.64. The van der Waals surface area contributed by atoms with Crippen LogP contribution in [0.3, 0.4) is 0 Å². The number of ether oxygens (including phenoxy) is 1. The van der Waals surface area contributed by atoms with E-state index in [4.69, 9.17) is 4.74 Å². The molecular weight excluding hydrogens is 424 g/mol. The monoisotopic (exact) mass is 460 g/mol.